The quantitative estimate of drug-likeness (QED) is 0.485. The van der Waals surface area contributed by atoms with Crippen molar-refractivity contribution in [3.05, 3.63) is 102 Å². The average Bonchev–Trinajstić information content (AvgIpc) is 2.74. The van der Waals surface area contributed by atoms with Gasteiger partial charge in [-0.25, -0.2) is 0 Å². The molecule has 27 heavy (non-hydrogen) atoms. The van der Waals surface area contributed by atoms with Gasteiger partial charge in [0.25, 0.3) is 0 Å². The first kappa shape index (κ1) is 17.5. The third-order valence-electron chi connectivity index (χ3n) is 5.47. The molecule has 1 nitrogen and oxygen atoms in total. The number of rotatable bonds is 4. The normalized spacial score (nSPS) is 17.7. The molecule has 1 aromatic heterocycles. The number of para-hydroxylation sites is 1. The summed E-state index contributed by atoms with van der Waals surface area (Å²) in [7, 11) is 0. The number of aromatic nitrogens is 1. The van der Waals surface area contributed by atoms with Gasteiger partial charge in [-0.05, 0) is 41.7 Å². The molecular formula is C26H26N+. The van der Waals surface area contributed by atoms with Crippen LogP contribution >= 0.6 is 0 Å². The standard InChI is InChI=1S/C26H26N/c1-3-20-16-17-21(24-13-6-5-12-23(20)24)10-9-11-22-18-19-27(4-2)26-15-8-7-14-25(22)26/h5-20H,3-4H2,1-2H3/q+1/b11-9+,21-10+. The minimum absolute atomic E-state index is 0.532. The number of hydrogen-bond acceptors (Lipinski definition) is 0. The third kappa shape index (κ3) is 3.38. The van der Waals surface area contributed by atoms with E-state index in [1.165, 1.54) is 33.2 Å². The van der Waals surface area contributed by atoms with Gasteiger partial charge in [0, 0.05) is 18.1 Å². The Morgan fingerprint density at radius 1 is 0.963 bits per heavy atom. The zero-order valence-electron chi connectivity index (χ0n) is 16.1. The minimum Gasteiger partial charge on any atom is -0.199 e. The Morgan fingerprint density at radius 2 is 1.78 bits per heavy atom. The van der Waals surface area contributed by atoms with Gasteiger partial charge in [-0.3, -0.25) is 0 Å². The lowest BCUT2D eigenvalue weighted by molar-refractivity contribution is -0.667. The zero-order valence-corrected chi connectivity index (χ0v) is 16.1. The summed E-state index contributed by atoms with van der Waals surface area (Å²) in [5, 5.41) is 1.29. The summed E-state index contributed by atoms with van der Waals surface area (Å²) >= 11 is 0. The summed E-state index contributed by atoms with van der Waals surface area (Å²) in [6.07, 6.45) is 14.6. The average molecular weight is 353 g/mol. The number of allylic oxidation sites excluding steroid dienone is 5. The molecule has 0 spiro atoms. The fourth-order valence-electron chi connectivity index (χ4n) is 3.98. The number of fused-ring (bicyclic) bond motifs is 2. The zero-order chi connectivity index (χ0) is 18.6. The summed E-state index contributed by atoms with van der Waals surface area (Å²) in [6, 6.07) is 19.6. The molecule has 1 heteroatoms. The summed E-state index contributed by atoms with van der Waals surface area (Å²) < 4.78 is 2.29. The predicted molar refractivity (Wildman–Crippen MR) is 115 cm³/mol. The lowest BCUT2D eigenvalue weighted by Gasteiger charge is -2.21. The molecule has 1 heterocycles. The maximum absolute atomic E-state index is 2.34. The number of pyridine rings is 1. The Balaban J connectivity index is 1.70. The van der Waals surface area contributed by atoms with Crippen LogP contribution in [0.1, 0.15) is 42.9 Å². The fraction of sp³-hybridized carbons (Fsp3) is 0.192. The van der Waals surface area contributed by atoms with Crippen LogP contribution in [0.2, 0.25) is 0 Å². The van der Waals surface area contributed by atoms with Crippen molar-refractivity contribution in [3.63, 3.8) is 0 Å². The van der Waals surface area contributed by atoms with Gasteiger partial charge in [0.05, 0.1) is 5.39 Å². The summed E-state index contributed by atoms with van der Waals surface area (Å²) in [6.45, 7) is 5.42. The van der Waals surface area contributed by atoms with Crippen LogP contribution in [0.5, 0.6) is 0 Å². The van der Waals surface area contributed by atoms with E-state index in [1.54, 1.807) is 0 Å². The molecule has 1 aliphatic carbocycles. The Hall–Kier alpha value is -2.93. The Kier molecular flexibility index (Phi) is 5.02. The fourth-order valence-corrected chi connectivity index (χ4v) is 3.98. The molecule has 0 amide bonds. The SMILES string of the molecule is CCC1C=C/C(=C\C=C\c2cc[n+](CC)c3ccccc23)c2ccccc21. The van der Waals surface area contributed by atoms with Gasteiger partial charge in [-0.15, -0.1) is 0 Å². The highest BCUT2D eigenvalue weighted by Crippen LogP contribution is 2.34. The molecule has 0 aliphatic heterocycles. The van der Waals surface area contributed by atoms with Gasteiger partial charge >= 0.3 is 0 Å². The Morgan fingerprint density at radius 3 is 2.63 bits per heavy atom. The van der Waals surface area contributed by atoms with Gasteiger partial charge in [0.1, 0.15) is 6.54 Å². The van der Waals surface area contributed by atoms with Crippen molar-refractivity contribution < 1.29 is 4.57 Å². The van der Waals surface area contributed by atoms with Gasteiger partial charge < -0.3 is 0 Å². The van der Waals surface area contributed by atoms with Crippen molar-refractivity contribution in [2.75, 3.05) is 0 Å². The molecule has 1 atom stereocenters. The number of hydrogen-bond donors (Lipinski definition) is 0. The molecule has 134 valence electrons. The molecule has 2 aromatic carbocycles. The van der Waals surface area contributed by atoms with Crippen LogP contribution in [-0.4, -0.2) is 0 Å². The first-order chi connectivity index (χ1) is 13.3. The topological polar surface area (TPSA) is 3.88 Å². The minimum atomic E-state index is 0.532. The molecule has 4 rings (SSSR count). The van der Waals surface area contributed by atoms with Crippen LogP contribution in [0.25, 0.3) is 22.6 Å². The first-order valence-corrected chi connectivity index (χ1v) is 9.89. The van der Waals surface area contributed by atoms with Crippen molar-refractivity contribution in [1.82, 2.24) is 0 Å². The van der Waals surface area contributed by atoms with Crippen molar-refractivity contribution >= 4 is 22.6 Å². The molecule has 0 N–H and O–H groups in total. The molecule has 0 radical (unpaired) electrons. The van der Waals surface area contributed by atoms with E-state index in [4.69, 9.17) is 0 Å². The maximum Gasteiger partial charge on any atom is 0.213 e. The molecule has 1 unspecified atom stereocenters. The molecule has 1 aliphatic rings. The highest BCUT2D eigenvalue weighted by atomic mass is 14.9. The highest BCUT2D eigenvalue weighted by molar-refractivity contribution is 5.86. The first-order valence-electron chi connectivity index (χ1n) is 9.89. The van der Waals surface area contributed by atoms with E-state index in [1.807, 2.05) is 0 Å². The second-order valence-corrected chi connectivity index (χ2v) is 7.02. The van der Waals surface area contributed by atoms with Gasteiger partial charge in [0.15, 0.2) is 6.20 Å². The molecule has 0 saturated carbocycles. The largest absolute Gasteiger partial charge is 0.213 e. The van der Waals surface area contributed by atoms with Crippen LogP contribution in [0, 0.1) is 0 Å². The molecule has 0 fully saturated rings. The summed E-state index contributed by atoms with van der Waals surface area (Å²) in [4.78, 5) is 0. The lowest BCUT2D eigenvalue weighted by Crippen LogP contribution is -2.32. The van der Waals surface area contributed by atoms with E-state index in [9.17, 15) is 0 Å². The van der Waals surface area contributed by atoms with Gasteiger partial charge in [0.2, 0.25) is 5.52 Å². The number of aryl methyl sites for hydroxylation is 1. The second kappa shape index (κ2) is 7.75. The van der Waals surface area contributed by atoms with Crippen LogP contribution in [0.3, 0.4) is 0 Å². The molecule has 0 saturated heterocycles. The Labute approximate surface area is 162 Å². The van der Waals surface area contributed by atoms with Crippen molar-refractivity contribution in [3.8, 4) is 0 Å². The van der Waals surface area contributed by atoms with E-state index in [0.717, 1.165) is 13.0 Å². The Bertz CT molecular complexity index is 1050. The van der Waals surface area contributed by atoms with Gasteiger partial charge in [-0.1, -0.05) is 73.7 Å². The molecular weight excluding hydrogens is 326 g/mol. The van der Waals surface area contributed by atoms with Crippen molar-refractivity contribution in [2.24, 2.45) is 0 Å². The maximum atomic E-state index is 2.34. The highest BCUT2D eigenvalue weighted by Gasteiger charge is 2.16. The van der Waals surface area contributed by atoms with Crippen molar-refractivity contribution in [1.29, 1.82) is 0 Å². The second-order valence-electron chi connectivity index (χ2n) is 7.02. The number of benzene rings is 2. The van der Waals surface area contributed by atoms with Crippen LogP contribution in [0.15, 0.2) is 85.1 Å². The molecule has 3 aromatic rings. The smallest absolute Gasteiger partial charge is 0.199 e. The molecule has 0 bridgehead atoms. The van der Waals surface area contributed by atoms with E-state index < -0.39 is 0 Å². The number of nitrogens with zero attached hydrogens (tertiary/aromatic N) is 1. The van der Waals surface area contributed by atoms with E-state index in [2.05, 4.69) is 110 Å². The van der Waals surface area contributed by atoms with Crippen LogP contribution < -0.4 is 4.57 Å². The van der Waals surface area contributed by atoms with E-state index in [0.29, 0.717) is 5.92 Å². The third-order valence-corrected chi connectivity index (χ3v) is 5.47. The van der Waals surface area contributed by atoms with Crippen molar-refractivity contribution in [2.45, 2.75) is 32.7 Å². The van der Waals surface area contributed by atoms with E-state index >= 15 is 0 Å². The lowest BCUT2D eigenvalue weighted by atomic mass is 9.83. The van der Waals surface area contributed by atoms with Crippen LogP contribution in [0.4, 0.5) is 0 Å². The predicted octanol–water partition coefficient (Wildman–Crippen LogP) is 6.31. The monoisotopic (exact) mass is 352 g/mol. The van der Waals surface area contributed by atoms with E-state index in [-0.39, 0.29) is 0 Å². The summed E-state index contributed by atoms with van der Waals surface area (Å²) in [5.41, 5.74) is 6.63. The van der Waals surface area contributed by atoms with Crippen LogP contribution in [-0.2, 0) is 6.54 Å². The summed E-state index contributed by atoms with van der Waals surface area (Å²) in [5.74, 6) is 0.532. The van der Waals surface area contributed by atoms with Gasteiger partial charge in [-0.2, -0.15) is 4.57 Å².